The van der Waals surface area contributed by atoms with Crippen molar-refractivity contribution in [2.24, 2.45) is 5.92 Å². The maximum atomic E-state index is 13.0. The molecule has 0 spiro atoms. The van der Waals surface area contributed by atoms with Gasteiger partial charge in [0.05, 0.1) is 5.92 Å². The minimum atomic E-state index is -4.30. The van der Waals surface area contributed by atoms with Crippen molar-refractivity contribution in [1.82, 2.24) is 5.32 Å². The van der Waals surface area contributed by atoms with E-state index in [0.717, 1.165) is 0 Å². The molecule has 1 aromatic rings. The van der Waals surface area contributed by atoms with E-state index in [4.69, 9.17) is 16.3 Å². The predicted octanol–water partition coefficient (Wildman–Crippen LogP) is 4.34. The number of nitrogens with one attached hydrogen (secondary N) is 1. The van der Waals surface area contributed by atoms with Gasteiger partial charge in [-0.25, -0.2) is 0 Å². The number of alkyl halides is 3. The van der Waals surface area contributed by atoms with E-state index < -0.39 is 30.1 Å². The summed E-state index contributed by atoms with van der Waals surface area (Å²) in [6.07, 6.45) is -3.59. The molecule has 1 N–H and O–H groups in total. The lowest BCUT2D eigenvalue weighted by atomic mass is 9.84. The highest BCUT2D eigenvalue weighted by Gasteiger charge is 2.46. The van der Waals surface area contributed by atoms with Crippen LogP contribution in [-0.4, -0.2) is 24.2 Å². The number of carbonyl (C=O) groups excluding carboxylic acids is 1. The summed E-state index contributed by atoms with van der Waals surface area (Å²) in [4.78, 5) is 12.1. The van der Waals surface area contributed by atoms with E-state index >= 15 is 0 Å². The van der Waals surface area contributed by atoms with Gasteiger partial charge in [-0.15, -0.1) is 0 Å². The largest absolute Gasteiger partial charge is 0.481 e. The third-order valence-corrected chi connectivity index (χ3v) is 4.23. The molecule has 23 heavy (non-hydrogen) atoms. The Morgan fingerprint density at radius 3 is 2.70 bits per heavy atom. The lowest BCUT2D eigenvalue weighted by molar-refractivity contribution is -0.189. The molecule has 0 aromatic heterocycles. The fourth-order valence-corrected chi connectivity index (χ4v) is 2.97. The molecule has 0 aliphatic heterocycles. The standard InChI is InChI=1S/C16H19ClF3NO2/c1-10(23-12-6-4-5-11(17)9-12)15(22)21-14-8-3-2-7-13(14)16(18,19)20/h4-6,9-10,13-14H,2-3,7-8H2,1H3,(H,21,22)/t10-,13-,14-/m0/s1. The van der Waals surface area contributed by atoms with Crippen molar-refractivity contribution in [1.29, 1.82) is 0 Å². The molecule has 0 heterocycles. The molecular weight excluding hydrogens is 331 g/mol. The van der Waals surface area contributed by atoms with Crippen molar-refractivity contribution in [3.05, 3.63) is 29.3 Å². The lowest BCUT2D eigenvalue weighted by Crippen LogP contribution is -2.50. The molecule has 1 fully saturated rings. The van der Waals surface area contributed by atoms with Crippen molar-refractivity contribution in [2.45, 2.75) is 50.9 Å². The van der Waals surface area contributed by atoms with Crippen LogP contribution in [0.25, 0.3) is 0 Å². The molecule has 1 saturated carbocycles. The second kappa shape index (κ2) is 7.43. The van der Waals surface area contributed by atoms with Crippen LogP contribution in [0.4, 0.5) is 13.2 Å². The molecule has 0 radical (unpaired) electrons. The Morgan fingerprint density at radius 1 is 1.35 bits per heavy atom. The van der Waals surface area contributed by atoms with E-state index in [-0.39, 0.29) is 6.42 Å². The second-order valence-corrected chi connectivity index (χ2v) is 6.20. The summed E-state index contributed by atoms with van der Waals surface area (Å²) in [5.74, 6) is -1.64. The Kier molecular flexibility index (Phi) is 5.79. The predicted molar refractivity (Wildman–Crippen MR) is 81.5 cm³/mol. The van der Waals surface area contributed by atoms with Crippen LogP contribution in [0.2, 0.25) is 5.02 Å². The smallest absolute Gasteiger partial charge is 0.393 e. The molecule has 1 amide bonds. The lowest BCUT2D eigenvalue weighted by Gasteiger charge is -2.34. The second-order valence-electron chi connectivity index (χ2n) is 5.77. The van der Waals surface area contributed by atoms with Gasteiger partial charge in [0.25, 0.3) is 5.91 Å². The minimum absolute atomic E-state index is 0.0535. The number of hydrogen-bond donors (Lipinski definition) is 1. The van der Waals surface area contributed by atoms with Crippen LogP contribution in [0.1, 0.15) is 32.6 Å². The first kappa shape index (κ1) is 17.9. The zero-order valence-corrected chi connectivity index (χ0v) is 13.5. The Bertz CT molecular complexity index is 550. The van der Waals surface area contributed by atoms with Gasteiger partial charge in [-0.05, 0) is 38.0 Å². The van der Waals surface area contributed by atoms with Gasteiger partial charge in [0.1, 0.15) is 5.75 Å². The summed E-state index contributed by atoms with van der Waals surface area (Å²) in [6, 6.07) is 5.62. The van der Waals surface area contributed by atoms with E-state index in [1.54, 1.807) is 24.3 Å². The highest BCUT2D eigenvalue weighted by atomic mass is 35.5. The van der Waals surface area contributed by atoms with Crippen molar-refractivity contribution >= 4 is 17.5 Å². The summed E-state index contributed by atoms with van der Waals surface area (Å²) < 4.78 is 44.6. The highest BCUT2D eigenvalue weighted by molar-refractivity contribution is 6.30. The average Bonchev–Trinajstić information content (AvgIpc) is 2.46. The number of rotatable bonds is 4. The minimum Gasteiger partial charge on any atom is -0.481 e. The summed E-state index contributed by atoms with van der Waals surface area (Å²) in [7, 11) is 0. The summed E-state index contributed by atoms with van der Waals surface area (Å²) in [6.45, 7) is 1.50. The molecule has 3 nitrogen and oxygen atoms in total. The maximum absolute atomic E-state index is 13.0. The van der Waals surface area contributed by atoms with E-state index in [2.05, 4.69) is 5.32 Å². The zero-order valence-electron chi connectivity index (χ0n) is 12.7. The highest BCUT2D eigenvalue weighted by Crippen LogP contribution is 2.37. The molecule has 7 heteroatoms. The zero-order chi connectivity index (χ0) is 17.0. The third kappa shape index (κ3) is 5.03. The SMILES string of the molecule is C[C@H](Oc1cccc(Cl)c1)C(=O)N[C@H]1CCCC[C@@H]1C(F)(F)F. The summed E-state index contributed by atoms with van der Waals surface area (Å²) in [5, 5.41) is 2.95. The number of halogens is 4. The topological polar surface area (TPSA) is 38.3 Å². The van der Waals surface area contributed by atoms with Crippen LogP contribution in [0.5, 0.6) is 5.75 Å². The number of benzene rings is 1. The molecule has 128 valence electrons. The van der Waals surface area contributed by atoms with E-state index in [1.165, 1.54) is 6.92 Å². The van der Waals surface area contributed by atoms with Crippen LogP contribution in [-0.2, 0) is 4.79 Å². The molecule has 2 rings (SSSR count). The van der Waals surface area contributed by atoms with Gasteiger partial charge in [-0.2, -0.15) is 13.2 Å². The van der Waals surface area contributed by atoms with Crippen LogP contribution >= 0.6 is 11.6 Å². The Morgan fingerprint density at radius 2 is 2.04 bits per heavy atom. The fraction of sp³-hybridized carbons (Fsp3) is 0.562. The molecule has 3 atom stereocenters. The Labute approximate surface area is 138 Å². The van der Waals surface area contributed by atoms with E-state index in [0.29, 0.717) is 30.0 Å². The van der Waals surface area contributed by atoms with Gasteiger partial charge < -0.3 is 10.1 Å². The third-order valence-electron chi connectivity index (χ3n) is 3.99. The van der Waals surface area contributed by atoms with Crippen LogP contribution in [0.3, 0.4) is 0 Å². The van der Waals surface area contributed by atoms with Gasteiger partial charge in [0, 0.05) is 11.1 Å². The average molecular weight is 350 g/mol. The number of carbonyl (C=O) groups is 1. The molecule has 1 aliphatic rings. The van der Waals surface area contributed by atoms with Crippen LogP contribution < -0.4 is 10.1 Å². The van der Waals surface area contributed by atoms with Gasteiger partial charge in [-0.3, -0.25) is 4.79 Å². The Hall–Kier alpha value is -1.43. The molecular formula is C16H19ClF3NO2. The summed E-state index contributed by atoms with van der Waals surface area (Å²) in [5.41, 5.74) is 0. The number of amides is 1. The first-order valence-electron chi connectivity index (χ1n) is 7.56. The van der Waals surface area contributed by atoms with Crippen molar-refractivity contribution in [3.63, 3.8) is 0 Å². The maximum Gasteiger partial charge on any atom is 0.393 e. The molecule has 0 unspecified atom stereocenters. The molecule has 1 aromatic carbocycles. The fourth-order valence-electron chi connectivity index (χ4n) is 2.79. The van der Waals surface area contributed by atoms with Crippen molar-refractivity contribution in [2.75, 3.05) is 0 Å². The molecule has 0 saturated heterocycles. The number of hydrogen-bond acceptors (Lipinski definition) is 2. The first-order chi connectivity index (χ1) is 10.8. The van der Waals surface area contributed by atoms with E-state index in [9.17, 15) is 18.0 Å². The normalized spacial score (nSPS) is 23.2. The van der Waals surface area contributed by atoms with Crippen LogP contribution in [0.15, 0.2) is 24.3 Å². The summed E-state index contributed by atoms with van der Waals surface area (Å²) >= 11 is 5.83. The molecule has 1 aliphatic carbocycles. The quantitative estimate of drug-likeness (QED) is 0.877. The van der Waals surface area contributed by atoms with Gasteiger partial charge in [0.15, 0.2) is 6.10 Å². The van der Waals surface area contributed by atoms with Gasteiger partial charge in [0.2, 0.25) is 0 Å². The number of ether oxygens (including phenoxy) is 1. The van der Waals surface area contributed by atoms with Crippen molar-refractivity contribution < 1.29 is 22.7 Å². The van der Waals surface area contributed by atoms with E-state index in [1.807, 2.05) is 0 Å². The monoisotopic (exact) mass is 349 g/mol. The van der Waals surface area contributed by atoms with Crippen molar-refractivity contribution in [3.8, 4) is 5.75 Å². The van der Waals surface area contributed by atoms with Gasteiger partial charge in [-0.1, -0.05) is 30.5 Å². The first-order valence-corrected chi connectivity index (χ1v) is 7.94. The van der Waals surface area contributed by atoms with Crippen LogP contribution in [0, 0.1) is 5.92 Å². The van der Waals surface area contributed by atoms with Gasteiger partial charge >= 0.3 is 6.18 Å². The Balaban J connectivity index is 1.96. The molecule has 0 bridgehead atoms.